The lowest BCUT2D eigenvalue weighted by Crippen LogP contribution is -2.43. The van der Waals surface area contributed by atoms with Crippen LogP contribution < -0.4 is 0 Å². The summed E-state index contributed by atoms with van der Waals surface area (Å²) in [5, 5.41) is 8.83. The van der Waals surface area contributed by atoms with E-state index in [1.54, 1.807) is 4.90 Å². The van der Waals surface area contributed by atoms with Crippen molar-refractivity contribution in [1.82, 2.24) is 9.80 Å². The van der Waals surface area contributed by atoms with E-state index in [0.29, 0.717) is 6.42 Å². The minimum absolute atomic E-state index is 0.0780. The minimum Gasteiger partial charge on any atom is -0.396 e. The second-order valence-electron chi connectivity index (χ2n) is 3.62. The Balaban J connectivity index is 2.66. The van der Waals surface area contributed by atoms with Crippen LogP contribution >= 0.6 is 0 Å². The zero-order chi connectivity index (χ0) is 9.84. The van der Waals surface area contributed by atoms with Gasteiger partial charge in [-0.25, -0.2) is 0 Å². The van der Waals surface area contributed by atoms with Gasteiger partial charge in [0.2, 0.25) is 5.91 Å². The first-order valence-electron chi connectivity index (χ1n) is 4.73. The quantitative estimate of drug-likeness (QED) is 0.634. The minimum atomic E-state index is -0.127. The van der Waals surface area contributed by atoms with Crippen LogP contribution in [0.15, 0.2) is 0 Å². The van der Waals surface area contributed by atoms with Gasteiger partial charge in [-0.15, -0.1) is 0 Å². The summed E-state index contributed by atoms with van der Waals surface area (Å²) in [7, 11) is 3.77. The molecule has 0 bridgehead atoms. The van der Waals surface area contributed by atoms with Gasteiger partial charge in [-0.1, -0.05) is 0 Å². The number of carbonyl (C=O) groups is 1. The van der Waals surface area contributed by atoms with Crippen molar-refractivity contribution in [3.05, 3.63) is 0 Å². The van der Waals surface area contributed by atoms with E-state index in [4.69, 9.17) is 5.11 Å². The van der Waals surface area contributed by atoms with Gasteiger partial charge in [0.1, 0.15) is 0 Å². The Morgan fingerprint density at radius 3 is 2.77 bits per heavy atom. The maximum Gasteiger partial charge on any atom is 0.239 e. The maximum atomic E-state index is 11.7. The summed E-state index contributed by atoms with van der Waals surface area (Å²) in [5.41, 5.74) is 0. The lowest BCUT2D eigenvalue weighted by Gasteiger charge is -2.25. The van der Waals surface area contributed by atoms with Gasteiger partial charge in [-0.2, -0.15) is 0 Å². The summed E-state index contributed by atoms with van der Waals surface area (Å²) >= 11 is 0. The van der Waals surface area contributed by atoms with Gasteiger partial charge in [-0.3, -0.25) is 9.69 Å². The third-order valence-electron chi connectivity index (χ3n) is 2.60. The molecule has 0 aromatic carbocycles. The highest BCUT2D eigenvalue weighted by atomic mass is 16.3. The molecule has 1 unspecified atom stereocenters. The van der Waals surface area contributed by atoms with Crippen LogP contribution in [0.3, 0.4) is 0 Å². The predicted octanol–water partition coefficient (Wildman–Crippen LogP) is -0.469. The maximum absolute atomic E-state index is 11.7. The smallest absolute Gasteiger partial charge is 0.239 e. The standard InChI is InChI=1S/C9H18N2O2/c1-10-5-3-6-11(2)9(13)8(10)4-7-12/h8,12H,3-7H2,1-2H3. The Labute approximate surface area is 79.1 Å². The number of aliphatic hydroxyl groups is 1. The highest BCUT2D eigenvalue weighted by Crippen LogP contribution is 2.10. The first-order valence-corrected chi connectivity index (χ1v) is 4.73. The van der Waals surface area contributed by atoms with Crippen LogP contribution in [-0.2, 0) is 4.79 Å². The van der Waals surface area contributed by atoms with Crippen LogP contribution in [0.5, 0.6) is 0 Å². The van der Waals surface area contributed by atoms with Crippen molar-refractivity contribution >= 4 is 5.91 Å². The number of hydrogen-bond acceptors (Lipinski definition) is 3. The average molecular weight is 186 g/mol. The molecule has 0 saturated carbocycles. The second kappa shape index (κ2) is 4.58. The van der Waals surface area contributed by atoms with Crippen molar-refractivity contribution in [2.24, 2.45) is 0 Å². The van der Waals surface area contributed by atoms with Gasteiger partial charge in [-0.05, 0) is 19.9 Å². The summed E-state index contributed by atoms with van der Waals surface area (Å²) < 4.78 is 0. The second-order valence-corrected chi connectivity index (χ2v) is 3.62. The first-order chi connectivity index (χ1) is 6.16. The Bertz CT molecular complexity index is 184. The van der Waals surface area contributed by atoms with Crippen LogP contribution in [-0.4, -0.2) is 60.6 Å². The van der Waals surface area contributed by atoms with Crippen molar-refractivity contribution in [3.63, 3.8) is 0 Å². The van der Waals surface area contributed by atoms with E-state index in [9.17, 15) is 4.79 Å². The average Bonchev–Trinajstić information content (AvgIpc) is 2.21. The van der Waals surface area contributed by atoms with Crippen molar-refractivity contribution in [1.29, 1.82) is 0 Å². The number of carbonyl (C=O) groups excluding carboxylic acids is 1. The van der Waals surface area contributed by atoms with Gasteiger partial charge in [0.25, 0.3) is 0 Å². The Morgan fingerprint density at radius 2 is 2.15 bits per heavy atom. The molecule has 1 amide bonds. The van der Waals surface area contributed by atoms with Crippen molar-refractivity contribution in [2.75, 3.05) is 33.8 Å². The molecule has 1 heterocycles. The largest absolute Gasteiger partial charge is 0.396 e. The molecule has 1 rings (SSSR count). The first kappa shape index (κ1) is 10.5. The van der Waals surface area contributed by atoms with E-state index in [-0.39, 0.29) is 18.6 Å². The number of amides is 1. The fourth-order valence-electron chi connectivity index (χ4n) is 1.73. The zero-order valence-corrected chi connectivity index (χ0v) is 8.36. The van der Waals surface area contributed by atoms with Gasteiger partial charge in [0.05, 0.1) is 6.04 Å². The third kappa shape index (κ3) is 2.42. The van der Waals surface area contributed by atoms with E-state index in [1.165, 1.54) is 0 Å². The zero-order valence-electron chi connectivity index (χ0n) is 8.36. The monoisotopic (exact) mass is 186 g/mol. The van der Waals surface area contributed by atoms with Gasteiger partial charge in [0.15, 0.2) is 0 Å². The third-order valence-corrected chi connectivity index (χ3v) is 2.60. The van der Waals surface area contributed by atoms with Gasteiger partial charge < -0.3 is 10.0 Å². The molecule has 4 nitrogen and oxygen atoms in total. The van der Waals surface area contributed by atoms with E-state index < -0.39 is 0 Å². The molecule has 13 heavy (non-hydrogen) atoms. The summed E-state index contributed by atoms with van der Waals surface area (Å²) in [4.78, 5) is 15.5. The summed E-state index contributed by atoms with van der Waals surface area (Å²) in [6, 6.07) is -0.127. The molecule has 0 aliphatic carbocycles. The predicted molar refractivity (Wildman–Crippen MR) is 50.4 cm³/mol. The summed E-state index contributed by atoms with van der Waals surface area (Å²) in [6.07, 6.45) is 1.56. The number of rotatable bonds is 2. The van der Waals surface area contributed by atoms with Crippen LogP contribution in [0.1, 0.15) is 12.8 Å². The molecule has 0 aromatic rings. The molecular weight excluding hydrogens is 168 g/mol. The molecule has 1 saturated heterocycles. The molecule has 4 heteroatoms. The fraction of sp³-hybridized carbons (Fsp3) is 0.889. The molecule has 1 aliphatic rings. The van der Waals surface area contributed by atoms with E-state index >= 15 is 0 Å². The van der Waals surface area contributed by atoms with Crippen molar-refractivity contribution in [2.45, 2.75) is 18.9 Å². The number of likely N-dealkylation sites (N-methyl/N-ethyl adjacent to an activating group) is 2. The molecule has 1 fully saturated rings. The van der Waals surface area contributed by atoms with Crippen molar-refractivity contribution in [3.8, 4) is 0 Å². The lowest BCUT2D eigenvalue weighted by molar-refractivity contribution is -0.134. The summed E-state index contributed by atoms with van der Waals surface area (Å²) in [6.45, 7) is 1.83. The molecule has 1 atom stereocenters. The Morgan fingerprint density at radius 1 is 1.46 bits per heavy atom. The Hall–Kier alpha value is -0.610. The number of nitrogens with zero attached hydrogens (tertiary/aromatic N) is 2. The SMILES string of the molecule is CN1CCCN(C)C(CCO)C1=O. The molecule has 0 spiro atoms. The highest BCUT2D eigenvalue weighted by Gasteiger charge is 2.27. The van der Waals surface area contributed by atoms with Gasteiger partial charge in [0, 0.05) is 26.7 Å². The van der Waals surface area contributed by atoms with E-state index in [2.05, 4.69) is 0 Å². The van der Waals surface area contributed by atoms with E-state index in [0.717, 1.165) is 19.5 Å². The van der Waals surface area contributed by atoms with E-state index in [1.807, 2.05) is 19.0 Å². The van der Waals surface area contributed by atoms with Crippen molar-refractivity contribution < 1.29 is 9.90 Å². The number of hydrogen-bond donors (Lipinski definition) is 1. The van der Waals surface area contributed by atoms with Gasteiger partial charge >= 0.3 is 0 Å². The normalized spacial score (nSPS) is 26.2. The summed E-state index contributed by atoms with van der Waals surface area (Å²) in [5.74, 6) is 0.133. The van der Waals surface area contributed by atoms with Crippen LogP contribution in [0.4, 0.5) is 0 Å². The molecule has 0 aromatic heterocycles. The van der Waals surface area contributed by atoms with Crippen LogP contribution in [0, 0.1) is 0 Å². The lowest BCUT2D eigenvalue weighted by atomic mass is 10.2. The molecule has 1 aliphatic heterocycles. The molecule has 76 valence electrons. The van der Waals surface area contributed by atoms with Crippen LogP contribution in [0.2, 0.25) is 0 Å². The molecule has 1 N–H and O–H groups in total. The fourth-order valence-corrected chi connectivity index (χ4v) is 1.73. The molecular formula is C9H18N2O2. The molecule has 0 radical (unpaired) electrons. The highest BCUT2D eigenvalue weighted by molar-refractivity contribution is 5.81. The Kier molecular flexibility index (Phi) is 3.69. The van der Waals surface area contributed by atoms with Crippen LogP contribution in [0.25, 0.3) is 0 Å². The number of aliphatic hydroxyl groups excluding tert-OH is 1. The topological polar surface area (TPSA) is 43.8 Å².